The number of hydrogen-bond acceptors (Lipinski definition) is 2. The second kappa shape index (κ2) is 7.10. The molecule has 20 heavy (non-hydrogen) atoms. The summed E-state index contributed by atoms with van der Waals surface area (Å²) in [6.07, 6.45) is 3.64. The summed E-state index contributed by atoms with van der Waals surface area (Å²) in [4.78, 5) is 11.9. The Labute approximate surface area is 123 Å². The molecule has 0 saturated heterocycles. The van der Waals surface area contributed by atoms with Crippen molar-refractivity contribution < 1.29 is 4.79 Å². The van der Waals surface area contributed by atoms with Gasteiger partial charge in [0, 0.05) is 23.7 Å². The van der Waals surface area contributed by atoms with Crippen LogP contribution < -0.4 is 5.32 Å². The molecule has 0 unspecified atom stereocenters. The van der Waals surface area contributed by atoms with E-state index in [1.54, 1.807) is 12.1 Å². The van der Waals surface area contributed by atoms with Crippen LogP contribution in [0.15, 0.2) is 30.5 Å². The van der Waals surface area contributed by atoms with Crippen molar-refractivity contribution in [1.82, 2.24) is 15.5 Å². The van der Waals surface area contributed by atoms with Gasteiger partial charge in [-0.2, -0.15) is 5.10 Å². The van der Waals surface area contributed by atoms with Gasteiger partial charge < -0.3 is 5.32 Å². The van der Waals surface area contributed by atoms with Crippen molar-refractivity contribution in [3.05, 3.63) is 52.8 Å². The molecule has 1 amide bonds. The molecule has 2 rings (SSSR count). The number of hydrogen-bond donors (Lipinski definition) is 2. The second-order valence-electron chi connectivity index (χ2n) is 4.71. The van der Waals surface area contributed by atoms with Gasteiger partial charge in [-0.1, -0.05) is 12.1 Å². The number of amides is 1. The van der Waals surface area contributed by atoms with Crippen LogP contribution in [0.4, 0.5) is 0 Å². The number of alkyl halides is 1. The summed E-state index contributed by atoms with van der Waals surface area (Å²) in [5.41, 5.74) is 3.97. The lowest BCUT2D eigenvalue weighted by molar-refractivity contribution is 0.0953. The zero-order valence-corrected chi connectivity index (χ0v) is 12.2. The number of carbonyl (C=O) groups excluding carboxylic acids is 1. The molecular weight excluding hydrogens is 274 g/mol. The molecule has 0 spiro atoms. The first-order valence-corrected chi connectivity index (χ1v) is 7.16. The van der Waals surface area contributed by atoms with Crippen LogP contribution in [-0.2, 0) is 12.3 Å². The van der Waals surface area contributed by atoms with Gasteiger partial charge in [-0.25, -0.2) is 0 Å². The van der Waals surface area contributed by atoms with Crippen LogP contribution in [0.3, 0.4) is 0 Å². The van der Waals surface area contributed by atoms with Crippen LogP contribution in [0, 0.1) is 6.92 Å². The Morgan fingerprint density at radius 2 is 2.10 bits per heavy atom. The van der Waals surface area contributed by atoms with Crippen LogP contribution in [0.2, 0.25) is 0 Å². The van der Waals surface area contributed by atoms with Crippen LogP contribution in [0.25, 0.3) is 0 Å². The van der Waals surface area contributed by atoms with E-state index in [0.29, 0.717) is 18.0 Å². The van der Waals surface area contributed by atoms with Gasteiger partial charge in [0.1, 0.15) is 0 Å². The van der Waals surface area contributed by atoms with Crippen molar-refractivity contribution in [1.29, 1.82) is 0 Å². The fourth-order valence-corrected chi connectivity index (χ4v) is 2.13. The lowest BCUT2D eigenvalue weighted by atomic mass is 10.1. The van der Waals surface area contributed by atoms with Crippen molar-refractivity contribution in [2.75, 3.05) is 6.54 Å². The maximum Gasteiger partial charge on any atom is 0.251 e. The highest BCUT2D eigenvalue weighted by molar-refractivity contribution is 6.17. The van der Waals surface area contributed by atoms with Gasteiger partial charge >= 0.3 is 0 Å². The number of aromatic amines is 1. The monoisotopic (exact) mass is 291 g/mol. The number of benzene rings is 1. The minimum absolute atomic E-state index is 0.0463. The predicted molar refractivity (Wildman–Crippen MR) is 80.0 cm³/mol. The Bertz CT molecular complexity index is 563. The van der Waals surface area contributed by atoms with E-state index in [1.807, 2.05) is 25.3 Å². The van der Waals surface area contributed by atoms with Crippen molar-refractivity contribution >= 4 is 17.5 Å². The van der Waals surface area contributed by atoms with E-state index in [-0.39, 0.29) is 5.91 Å². The standard InChI is InChI=1S/C15H18ClN3O/c1-11-14(10-18-19-11)3-2-8-17-15(20)13-6-4-12(9-16)5-7-13/h4-7,10H,2-3,8-9H2,1H3,(H,17,20)(H,18,19). The number of nitrogens with zero attached hydrogens (tertiary/aromatic N) is 1. The van der Waals surface area contributed by atoms with E-state index < -0.39 is 0 Å². The number of H-pyrrole nitrogens is 1. The number of nitrogens with one attached hydrogen (secondary N) is 2. The highest BCUT2D eigenvalue weighted by Gasteiger charge is 2.05. The highest BCUT2D eigenvalue weighted by Crippen LogP contribution is 2.07. The van der Waals surface area contributed by atoms with Crippen molar-refractivity contribution in [3.8, 4) is 0 Å². The van der Waals surface area contributed by atoms with E-state index in [4.69, 9.17) is 11.6 Å². The van der Waals surface area contributed by atoms with E-state index >= 15 is 0 Å². The molecule has 0 radical (unpaired) electrons. The van der Waals surface area contributed by atoms with Gasteiger partial charge in [-0.15, -0.1) is 11.6 Å². The Balaban J connectivity index is 1.76. The van der Waals surface area contributed by atoms with Crippen LogP contribution in [-0.4, -0.2) is 22.6 Å². The molecular formula is C15H18ClN3O. The van der Waals surface area contributed by atoms with E-state index in [2.05, 4.69) is 15.5 Å². The maximum absolute atomic E-state index is 11.9. The number of halogens is 1. The van der Waals surface area contributed by atoms with Gasteiger partial charge in [-0.3, -0.25) is 9.89 Å². The summed E-state index contributed by atoms with van der Waals surface area (Å²) in [7, 11) is 0. The fraction of sp³-hybridized carbons (Fsp3) is 0.333. The summed E-state index contributed by atoms with van der Waals surface area (Å²) in [6.45, 7) is 2.65. The first-order chi connectivity index (χ1) is 9.70. The topological polar surface area (TPSA) is 57.8 Å². The summed E-state index contributed by atoms with van der Waals surface area (Å²) in [5, 5.41) is 9.80. The molecule has 106 valence electrons. The number of aromatic nitrogens is 2. The average Bonchev–Trinajstić information content (AvgIpc) is 2.89. The van der Waals surface area contributed by atoms with Gasteiger partial charge in [0.2, 0.25) is 0 Å². The van der Waals surface area contributed by atoms with Crippen molar-refractivity contribution in [3.63, 3.8) is 0 Å². The van der Waals surface area contributed by atoms with Crippen molar-refractivity contribution in [2.24, 2.45) is 0 Å². The molecule has 0 bridgehead atoms. The summed E-state index contributed by atoms with van der Waals surface area (Å²) in [5.74, 6) is 0.418. The molecule has 1 aromatic heterocycles. The van der Waals surface area contributed by atoms with Crippen LogP contribution in [0.5, 0.6) is 0 Å². The van der Waals surface area contributed by atoms with Crippen LogP contribution in [0.1, 0.15) is 33.6 Å². The molecule has 2 aromatic rings. The molecule has 0 atom stereocenters. The predicted octanol–water partition coefficient (Wildman–Crippen LogP) is 2.82. The van der Waals surface area contributed by atoms with Gasteiger partial charge in [-0.05, 0) is 43.0 Å². The number of carbonyl (C=O) groups is 1. The molecule has 2 N–H and O–H groups in total. The van der Waals surface area contributed by atoms with E-state index in [0.717, 1.165) is 24.1 Å². The fourth-order valence-electron chi connectivity index (χ4n) is 1.96. The first kappa shape index (κ1) is 14.6. The Kier molecular flexibility index (Phi) is 5.18. The lowest BCUT2D eigenvalue weighted by Crippen LogP contribution is -2.24. The zero-order valence-electron chi connectivity index (χ0n) is 11.4. The Morgan fingerprint density at radius 1 is 1.35 bits per heavy atom. The average molecular weight is 292 g/mol. The molecule has 0 aliphatic heterocycles. The molecule has 1 heterocycles. The smallest absolute Gasteiger partial charge is 0.251 e. The minimum Gasteiger partial charge on any atom is -0.352 e. The molecule has 0 fully saturated rings. The largest absolute Gasteiger partial charge is 0.352 e. The zero-order chi connectivity index (χ0) is 14.4. The van der Waals surface area contributed by atoms with Gasteiger partial charge in [0.05, 0.1) is 6.20 Å². The normalized spacial score (nSPS) is 10.5. The van der Waals surface area contributed by atoms with Gasteiger partial charge in [0.25, 0.3) is 5.91 Å². The summed E-state index contributed by atoms with van der Waals surface area (Å²) in [6, 6.07) is 7.34. The molecule has 5 heteroatoms. The van der Waals surface area contributed by atoms with Crippen molar-refractivity contribution in [2.45, 2.75) is 25.6 Å². The highest BCUT2D eigenvalue weighted by atomic mass is 35.5. The third-order valence-corrected chi connectivity index (χ3v) is 3.52. The quantitative estimate of drug-likeness (QED) is 0.635. The maximum atomic E-state index is 11.9. The van der Waals surface area contributed by atoms with Gasteiger partial charge in [0.15, 0.2) is 0 Å². The Hall–Kier alpha value is -1.81. The summed E-state index contributed by atoms with van der Waals surface area (Å²) < 4.78 is 0. The molecule has 0 aliphatic rings. The second-order valence-corrected chi connectivity index (χ2v) is 4.98. The first-order valence-electron chi connectivity index (χ1n) is 6.62. The SMILES string of the molecule is Cc1[nH]ncc1CCCNC(=O)c1ccc(CCl)cc1. The lowest BCUT2D eigenvalue weighted by Gasteiger charge is -2.05. The van der Waals surface area contributed by atoms with Crippen LogP contribution >= 0.6 is 11.6 Å². The third-order valence-electron chi connectivity index (χ3n) is 3.21. The molecule has 0 aliphatic carbocycles. The molecule has 0 saturated carbocycles. The minimum atomic E-state index is -0.0463. The molecule has 1 aromatic carbocycles. The van der Waals surface area contributed by atoms with E-state index in [1.165, 1.54) is 5.56 Å². The third kappa shape index (κ3) is 3.84. The Morgan fingerprint density at radius 3 is 2.70 bits per heavy atom. The molecule has 4 nitrogen and oxygen atoms in total. The number of rotatable bonds is 6. The number of aryl methyl sites for hydroxylation is 2. The van der Waals surface area contributed by atoms with E-state index in [9.17, 15) is 4.79 Å². The summed E-state index contributed by atoms with van der Waals surface area (Å²) >= 11 is 5.71.